The zero-order chi connectivity index (χ0) is 12.0. The third-order valence-corrected chi connectivity index (χ3v) is 3.03. The van der Waals surface area contributed by atoms with E-state index in [2.05, 4.69) is 26.0 Å². The lowest BCUT2D eigenvalue weighted by Crippen LogP contribution is -1.93. The average Bonchev–Trinajstić information content (AvgIpc) is 2.25. The van der Waals surface area contributed by atoms with Crippen LogP contribution in [0, 0.1) is 6.92 Å². The van der Waals surface area contributed by atoms with Crippen molar-refractivity contribution in [1.29, 1.82) is 0 Å². The summed E-state index contributed by atoms with van der Waals surface area (Å²) in [6, 6.07) is 4.30. The molecule has 0 aliphatic rings. The van der Waals surface area contributed by atoms with Crippen LogP contribution in [-0.2, 0) is 12.8 Å². The Kier molecular flexibility index (Phi) is 5.37. The summed E-state index contributed by atoms with van der Waals surface area (Å²) >= 11 is 0. The Morgan fingerprint density at radius 1 is 1.00 bits per heavy atom. The number of hydrogen-bond donors (Lipinski definition) is 1. The number of aromatic hydroxyl groups is 1. The van der Waals surface area contributed by atoms with Gasteiger partial charge in [0.15, 0.2) is 0 Å². The predicted octanol–water partition coefficient (Wildman–Crippen LogP) is 4.39. The van der Waals surface area contributed by atoms with Crippen LogP contribution in [0.2, 0.25) is 0 Å². The standard InChI is InChI=1S/C15H24O/c1-4-6-7-9-14-11-13(8-5-2)10-12(3)15(14)16/h10-11,16H,4-9H2,1-3H3. The van der Waals surface area contributed by atoms with Crippen LogP contribution in [0.4, 0.5) is 0 Å². The van der Waals surface area contributed by atoms with Crippen molar-refractivity contribution in [2.75, 3.05) is 0 Å². The number of benzene rings is 1. The molecule has 0 amide bonds. The largest absolute Gasteiger partial charge is 0.507 e. The van der Waals surface area contributed by atoms with Crippen LogP contribution in [-0.4, -0.2) is 5.11 Å². The molecule has 0 saturated carbocycles. The summed E-state index contributed by atoms with van der Waals surface area (Å²) in [5.41, 5.74) is 3.53. The van der Waals surface area contributed by atoms with Crippen molar-refractivity contribution in [3.8, 4) is 5.75 Å². The first-order valence-corrected chi connectivity index (χ1v) is 6.50. The second-order valence-corrected chi connectivity index (χ2v) is 4.63. The third kappa shape index (κ3) is 3.55. The Balaban J connectivity index is 2.79. The van der Waals surface area contributed by atoms with Crippen molar-refractivity contribution >= 4 is 0 Å². The van der Waals surface area contributed by atoms with E-state index in [9.17, 15) is 5.11 Å². The van der Waals surface area contributed by atoms with Gasteiger partial charge in [-0.1, -0.05) is 45.2 Å². The highest BCUT2D eigenvalue weighted by Crippen LogP contribution is 2.26. The zero-order valence-corrected chi connectivity index (χ0v) is 10.8. The monoisotopic (exact) mass is 220 g/mol. The topological polar surface area (TPSA) is 20.2 Å². The smallest absolute Gasteiger partial charge is 0.121 e. The minimum Gasteiger partial charge on any atom is -0.507 e. The van der Waals surface area contributed by atoms with E-state index < -0.39 is 0 Å². The molecule has 0 radical (unpaired) electrons. The molecule has 0 aliphatic heterocycles. The predicted molar refractivity (Wildman–Crippen MR) is 70.1 cm³/mol. The summed E-state index contributed by atoms with van der Waals surface area (Å²) in [5.74, 6) is 0.510. The van der Waals surface area contributed by atoms with Crippen LogP contribution < -0.4 is 0 Å². The molecule has 16 heavy (non-hydrogen) atoms. The first-order chi connectivity index (χ1) is 7.69. The molecule has 1 aromatic rings. The molecule has 0 atom stereocenters. The van der Waals surface area contributed by atoms with Crippen molar-refractivity contribution < 1.29 is 5.11 Å². The van der Waals surface area contributed by atoms with Crippen molar-refractivity contribution in [3.05, 3.63) is 28.8 Å². The van der Waals surface area contributed by atoms with Gasteiger partial charge in [0, 0.05) is 0 Å². The summed E-state index contributed by atoms with van der Waals surface area (Å²) in [5, 5.41) is 9.99. The van der Waals surface area contributed by atoms with Crippen LogP contribution in [0.5, 0.6) is 5.75 Å². The molecule has 1 nitrogen and oxygen atoms in total. The lowest BCUT2D eigenvalue weighted by atomic mass is 9.98. The summed E-state index contributed by atoms with van der Waals surface area (Å²) in [4.78, 5) is 0. The molecular weight excluding hydrogens is 196 g/mol. The van der Waals surface area contributed by atoms with E-state index in [1.165, 1.54) is 31.2 Å². The summed E-state index contributed by atoms with van der Waals surface area (Å²) in [6.07, 6.45) is 6.95. The van der Waals surface area contributed by atoms with Gasteiger partial charge in [-0.05, 0) is 42.9 Å². The van der Waals surface area contributed by atoms with Crippen LogP contribution in [0.15, 0.2) is 12.1 Å². The molecule has 90 valence electrons. The molecule has 1 N–H and O–H groups in total. The number of phenolic OH excluding ortho intramolecular Hbond substituents is 1. The third-order valence-electron chi connectivity index (χ3n) is 3.03. The van der Waals surface area contributed by atoms with Gasteiger partial charge < -0.3 is 5.11 Å². The number of rotatable bonds is 6. The fourth-order valence-electron chi connectivity index (χ4n) is 2.12. The van der Waals surface area contributed by atoms with Crippen molar-refractivity contribution in [2.45, 2.75) is 59.3 Å². The summed E-state index contributed by atoms with van der Waals surface area (Å²) in [6.45, 7) is 6.40. The minimum atomic E-state index is 0.510. The highest BCUT2D eigenvalue weighted by atomic mass is 16.3. The lowest BCUT2D eigenvalue weighted by molar-refractivity contribution is 0.462. The number of phenols is 1. The van der Waals surface area contributed by atoms with Gasteiger partial charge in [-0.15, -0.1) is 0 Å². The lowest BCUT2D eigenvalue weighted by Gasteiger charge is -2.10. The van der Waals surface area contributed by atoms with E-state index in [0.717, 1.165) is 24.0 Å². The van der Waals surface area contributed by atoms with Gasteiger partial charge in [-0.2, -0.15) is 0 Å². The highest BCUT2D eigenvalue weighted by Gasteiger charge is 2.06. The number of unbranched alkanes of at least 4 members (excludes halogenated alkanes) is 2. The van der Waals surface area contributed by atoms with Crippen molar-refractivity contribution in [3.63, 3.8) is 0 Å². The van der Waals surface area contributed by atoms with Crippen LogP contribution in [0.25, 0.3) is 0 Å². The van der Waals surface area contributed by atoms with Gasteiger partial charge in [-0.3, -0.25) is 0 Å². The maximum atomic E-state index is 9.99. The van der Waals surface area contributed by atoms with Gasteiger partial charge in [-0.25, -0.2) is 0 Å². The highest BCUT2D eigenvalue weighted by molar-refractivity contribution is 5.43. The molecule has 0 saturated heterocycles. The molecular formula is C15H24O. The van der Waals surface area contributed by atoms with Gasteiger partial charge in [0.25, 0.3) is 0 Å². The Hall–Kier alpha value is -0.980. The maximum absolute atomic E-state index is 9.99. The molecule has 0 unspecified atom stereocenters. The fraction of sp³-hybridized carbons (Fsp3) is 0.600. The van der Waals surface area contributed by atoms with Crippen LogP contribution >= 0.6 is 0 Å². The molecule has 0 spiro atoms. The van der Waals surface area contributed by atoms with Crippen molar-refractivity contribution in [2.24, 2.45) is 0 Å². The maximum Gasteiger partial charge on any atom is 0.121 e. The van der Waals surface area contributed by atoms with Gasteiger partial charge in [0.2, 0.25) is 0 Å². The van der Waals surface area contributed by atoms with Crippen LogP contribution in [0.3, 0.4) is 0 Å². The fourth-order valence-corrected chi connectivity index (χ4v) is 2.12. The van der Waals surface area contributed by atoms with E-state index in [0.29, 0.717) is 5.75 Å². The summed E-state index contributed by atoms with van der Waals surface area (Å²) in [7, 11) is 0. The Morgan fingerprint density at radius 3 is 2.38 bits per heavy atom. The van der Waals surface area contributed by atoms with Gasteiger partial charge in [0.1, 0.15) is 5.75 Å². The SMILES string of the molecule is CCCCCc1cc(CCC)cc(C)c1O. The Labute approximate surface area is 99.5 Å². The van der Waals surface area contributed by atoms with Gasteiger partial charge in [0.05, 0.1) is 0 Å². The minimum absolute atomic E-state index is 0.510. The van der Waals surface area contributed by atoms with Gasteiger partial charge >= 0.3 is 0 Å². The quantitative estimate of drug-likeness (QED) is 0.705. The van der Waals surface area contributed by atoms with E-state index >= 15 is 0 Å². The molecule has 0 fully saturated rings. The molecule has 1 aromatic carbocycles. The van der Waals surface area contributed by atoms with E-state index in [-0.39, 0.29) is 0 Å². The van der Waals surface area contributed by atoms with Crippen molar-refractivity contribution in [1.82, 2.24) is 0 Å². The Bertz CT molecular complexity index is 328. The number of hydrogen-bond acceptors (Lipinski definition) is 1. The summed E-state index contributed by atoms with van der Waals surface area (Å²) < 4.78 is 0. The molecule has 0 aromatic heterocycles. The van der Waals surface area contributed by atoms with E-state index in [1.54, 1.807) is 0 Å². The van der Waals surface area contributed by atoms with E-state index in [4.69, 9.17) is 0 Å². The second-order valence-electron chi connectivity index (χ2n) is 4.63. The second kappa shape index (κ2) is 6.57. The molecule has 0 aliphatic carbocycles. The Morgan fingerprint density at radius 2 is 1.75 bits per heavy atom. The zero-order valence-electron chi connectivity index (χ0n) is 10.8. The molecule has 1 rings (SSSR count). The molecule has 1 heteroatoms. The molecule has 0 heterocycles. The normalized spacial score (nSPS) is 10.7. The first-order valence-electron chi connectivity index (χ1n) is 6.50. The van der Waals surface area contributed by atoms with Crippen LogP contribution in [0.1, 0.15) is 56.2 Å². The average molecular weight is 220 g/mol. The first kappa shape index (κ1) is 13.1. The molecule has 0 bridgehead atoms. The van der Waals surface area contributed by atoms with E-state index in [1.807, 2.05) is 6.92 Å². The number of aryl methyl sites for hydroxylation is 3.